The van der Waals surface area contributed by atoms with Gasteiger partial charge >= 0.3 is 5.97 Å². The molecule has 3 aliphatic rings. The van der Waals surface area contributed by atoms with Gasteiger partial charge in [0.05, 0.1) is 12.0 Å². The van der Waals surface area contributed by atoms with Gasteiger partial charge in [0.15, 0.2) is 11.6 Å². The van der Waals surface area contributed by atoms with E-state index in [0.717, 1.165) is 42.5 Å². The monoisotopic (exact) mass is 624 g/mol. The van der Waals surface area contributed by atoms with Crippen molar-refractivity contribution in [2.75, 3.05) is 10.2 Å². The molecule has 1 fully saturated rings. The molecule has 0 aromatic heterocycles. The minimum Gasteiger partial charge on any atom is -0.427 e. The first-order valence-electron chi connectivity index (χ1n) is 16.3. The van der Waals surface area contributed by atoms with Crippen molar-refractivity contribution in [1.29, 1.82) is 0 Å². The maximum Gasteiger partial charge on any atom is 0.308 e. The molecule has 1 spiro atoms. The first-order chi connectivity index (χ1) is 22.8. The number of fused-ring (bicyclic) bond motifs is 6. The van der Waals surface area contributed by atoms with Gasteiger partial charge in [-0.2, -0.15) is 0 Å². The predicted molar refractivity (Wildman–Crippen MR) is 182 cm³/mol. The van der Waals surface area contributed by atoms with E-state index in [1.165, 1.54) is 6.92 Å². The molecule has 4 aromatic rings. The molecule has 1 N–H and O–H groups in total. The molecule has 0 aliphatic carbocycles. The summed E-state index contributed by atoms with van der Waals surface area (Å²) in [5.74, 6) is -2.05. The van der Waals surface area contributed by atoms with E-state index in [4.69, 9.17) is 4.74 Å². The number of hydrogen-bond donors (Lipinski definition) is 1. The molecule has 7 heteroatoms. The van der Waals surface area contributed by atoms with Crippen LogP contribution in [-0.4, -0.2) is 35.5 Å². The van der Waals surface area contributed by atoms with E-state index in [1.54, 1.807) is 24.3 Å². The van der Waals surface area contributed by atoms with Gasteiger partial charge in [0.2, 0.25) is 5.91 Å². The predicted octanol–water partition coefficient (Wildman–Crippen LogP) is 7.20. The van der Waals surface area contributed by atoms with Gasteiger partial charge in [-0.15, -0.1) is 0 Å². The van der Waals surface area contributed by atoms with Gasteiger partial charge < -0.3 is 15.0 Å². The molecular weight excluding hydrogens is 588 g/mol. The maximum absolute atomic E-state index is 15.1. The third-order valence-electron chi connectivity index (χ3n) is 9.80. The van der Waals surface area contributed by atoms with Crippen LogP contribution in [0.1, 0.15) is 70.5 Å². The van der Waals surface area contributed by atoms with Crippen molar-refractivity contribution in [3.8, 4) is 5.75 Å². The first-order valence-corrected chi connectivity index (χ1v) is 16.3. The molecular formula is C40H36N2O5. The Kier molecular flexibility index (Phi) is 7.84. The second-order valence-electron chi connectivity index (χ2n) is 12.6. The number of nitrogens with one attached hydrogen (secondary N) is 1. The number of aryl methyl sites for hydroxylation is 1. The largest absolute Gasteiger partial charge is 0.427 e. The van der Waals surface area contributed by atoms with Gasteiger partial charge in [0.1, 0.15) is 17.2 Å². The molecule has 4 aromatic carbocycles. The number of ketones is 2. The molecule has 3 heterocycles. The average Bonchev–Trinajstić information content (AvgIpc) is 3.56. The number of anilines is 2. The Balaban J connectivity index is 1.41. The molecule has 47 heavy (non-hydrogen) atoms. The lowest BCUT2D eigenvalue weighted by molar-refractivity contribution is -0.131. The minimum atomic E-state index is -1.38. The Bertz CT molecular complexity index is 1910. The lowest BCUT2D eigenvalue weighted by Gasteiger charge is -2.37. The molecule has 0 saturated carbocycles. The van der Waals surface area contributed by atoms with Crippen LogP contribution in [0, 0.1) is 5.92 Å². The van der Waals surface area contributed by atoms with Crippen LogP contribution >= 0.6 is 0 Å². The van der Waals surface area contributed by atoms with Crippen LogP contribution in [0.15, 0.2) is 103 Å². The SMILES string of the molecule is CCCCCc1ccc(C(=O)C2C(C(=O)c3ccc(OC(C)=O)cc3)N3c4ccccc4C=CC3C23C(=O)Nc2ccccc23)cc1. The van der Waals surface area contributed by atoms with E-state index in [2.05, 4.69) is 12.2 Å². The lowest BCUT2D eigenvalue weighted by Crippen LogP contribution is -2.51. The second-order valence-corrected chi connectivity index (χ2v) is 12.6. The van der Waals surface area contributed by atoms with Crippen molar-refractivity contribution in [2.45, 2.75) is 57.0 Å². The zero-order valence-corrected chi connectivity index (χ0v) is 26.4. The van der Waals surface area contributed by atoms with E-state index in [9.17, 15) is 14.4 Å². The number of carbonyl (C=O) groups excluding carboxylic acids is 4. The smallest absolute Gasteiger partial charge is 0.308 e. The number of esters is 1. The van der Waals surface area contributed by atoms with Gasteiger partial charge in [0.25, 0.3) is 0 Å². The molecule has 1 amide bonds. The Morgan fingerprint density at radius 1 is 0.830 bits per heavy atom. The van der Waals surface area contributed by atoms with Crippen LogP contribution in [0.4, 0.5) is 11.4 Å². The fraction of sp³-hybridized carbons (Fsp3) is 0.250. The Labute approximate surface area is 274 Å². The Hall–Kier alpha value is -5.30. The van der Waals surface area contributed by atoms with Gasteiger partial charge in [0, 0.05) is 29.4 Å². The highest BCUT2D eigenvalue weighted by Crippen LogP contribution is 2.58. The Morgan fingerprint density at radius 2 is 1.51 bits per heavy atom. The maximum atomic E-state index is 15.1. The second kappa shape index (κ2) is 12.1. The summed E-state index contributed by atoms with van der Waals surface area (Å²) in [6, 6.07) is 27.6. The van der Waals surface area contributed by atoms with Crippen LogP contribution in [0.5, 0.6) is 5.75 Å². The molecule has 7 nitrogen and oxygen atoms in total. The third-order valence-corrected chi connectivity index (χ3v) is 9.80. The van der Waals surface area contributed by atoms with E-state index in [0.29, 0.717) is 28.1 Å². The van der Waals surface area contributed by atoms with Crippen LogP contribution in [-0.2, 0) is 21.4 Å². The van der Waals surface area contributed by atoms with E-state index < -0.39 is 29.4 Å². The molecule has 4 unspecified atom stereocenters. The average molecular weight is 625 g/mol. The van der Waals surface area contributed by atoms with Crippen LogP contribution < -0.4 is 15.0 Å². The molecule has 4 atom stereocenters. The van der Waals surface area contributed by atoms with E-state index >= 15 is 4.79 Å². The lowest BCUT2D eigenvalue weighted by atomic mass is 9.64. The van der Waals surface area contributed by atoms with Crippen molar-refractivity contribution < 1.29 is 23.9 Å². The zero-order valence-electron chi connectivity index (χ0n) is 26.4. The van der Waals surface area contributed by atoms with Gasteiger partial charge in [-0.25, -0.2) is 0 Å². The van der Waals surface area contributed by atoms with Crippen LogP contribution in [0.25, 0.3) is 6.08 Å². The number of unbranched alkanes of at least 4 members (excludes halogenated alkanes) is 2. The van der Waals surface area contributed by atoms with Gasteiger partial charge in [-0.05, 0) is 65.9 Å². The summed E-state index contributed by atoms with van der Waals surface area (Å²) in [6.45, 7) is 3.49. The quantitative estimate of drug-likeness (QED) is 0.0917. The Morgan fingerprint density at radius 3 is 2.26 bits per heavy atom. The van der Waals surface area contributed by atoms with E-state index in [1.807, 2.05) is 89.8 Å². The molecule has 0 bridgehead atoms. The minimum absolute atomic E-state index is 0.257. The summed E-state index contributed by atoms with van der Waals surface area (Å²) in [5.41, 5.74) is 3.62. The summed E-state index contributed by atoms with van der Waals surface area (Å²) < 4.78 is 5.22. The first kappa shape index (κ1) is 30.4. The summed E-state index contributed by atoms with van der Waals surface area (Å²) >= 11 is 0. The fourth-order valence-electron chi connectivity index (χ4n) is 7.74. The molecule has 3 aliphatic heterocycles. The molecule has 7 rings (SSSR count). The highest BCUT2D eigenvalue weighted by Gasteiger charge is 2.70. The summed E-state index contributed by atoms with van der Waals surface area (Å²) in [4.78, 5) is 58.0. The van der Waals surface area contributed by atoms with Crippen molar-refractivity contribution in [2.24, 2.45) is 5.92 Å². The number of hydrogen-bond acceptors (Lipinski definition) is 6. The number of ether oxygens (including phenoxy) is 1. The molecule has 1 saturated heterocycles. The third kappa shape index (κ3) is 4.97. The standard InChI is InChI=1S/C40H36N2O5/c1-3-4-5-10-26-15-17-28(18-16-26)37(44)35-36(38(45)29-19-22-30(23-20-29)47-25(2)43)42-33-14-9-6-11-27(33)21-24-34(42)40(35)31-12-7-8-13-32(31)41-39(40)46/h6-9,11-24,34-36H,3-5,10H2,1-2H3,(H,41,46). The number of nitrogens with zero attached hydrogens (tertiary/aromatic N) is 1. The number of para-hydroxylation sites is 2. The highest BCUT2D eigenvalue weighted by molar-refractivity contribution is 6.18. The molecule has 0 radical (unpaired) electrons. The van der Waals surface area contributed by atoms with Crippen molar-refractivity contribution in [3.63, 3.8) is 0 Å². The number of benzene rings is 4. The summed E-state index contributed by atoms with van der Waals surface area (Å²) in [7, 11) is 0. The van der Waals surface area contributed by atoms with Crippen molar-refractivity contribution in [3.05, 3.63) is 131 Å². The van der Waals surface area contributed by atoms with Crippen molar-refractivity contribution >= 4 is 40.9 Å². The van der Waals surface area contributed by atoms with Gasteiger partial charge in [-0.3, -0.25) is 19.2 Å². The summed E-state index contributed by atoms with van der Waals surface area (Å²) in [5, 5.41) is 3.07. The molecule has 236 valence electrons. The van der Waals surface area contributed by atoms with E-state index in [-0.39, 0.29) is 17.5 Å². The van der Waals surface area contributed by atoms with Crippen LogP contribution in [0.2, 0.25) is 0 Å². The highest BCUT2D eigenvalue weighted by atomic mass is 16.5. The number of rotatable bonds is 9. The normalized spacial score (nSPS) is 22.0. The summed E-state index contributed by atoms with van der Waals surface area (Å²) in [6.07, 6.45) is 8.21. The fourth-order valence-corrected chi connectivity index (χ4v) is 7.74. The number of Topliss-reactive ketones (excluding diaryl/α,β-unsaturated/α-hetero) is 2. The zero-order chi connectivity index (χ0) is 32.7. The number of carbonyl (C=O) groups is 4. The van der Waals surface area contributed by atoms with Gasteiger partial charge in [-0.1, -0.05) is 92.6 Å². The van der Waals surface area contributed by atoms with Crippen LogP contribution in [0.3, 0.4) is 0 Å². The topological polar surface area (TPSA) is 92.8 Å². The number of amides is 1. The van der Waals surface area contributed by atoms with Crippen molar-refractivity contribution in [1.82, 2.24) is 0 Å².